The summed E-state index contributed by atoms with van der Waals surface area (Å²) in [6, 6.07) is 7.48. The highest BCUT2D eigenvalue weighted by Crippen LogP contribution is 2.28. The van der Waals surface area contributed by atoms with Crippen molar-refractivity contribution in [3.05, 3.63) is 46.4 Å². The molecular weight excluding hydrogens is 326 g/mol. The van der Waals surface area contributed by atoms with Crippen LogP contribution in [0.15, 0.2) is 36.0 Å². The molecule has 24 heavy (non-hydrogen) atoms. The van der Waals surface area contributed by atoms with Crippen LogP contribution in [0.5, 0.6) is 5.75 Å². The number of amides is 2. The summed E-state index contributed by atoms with van der Waals surface area (Å²) in [5.41, 5.74) is 2.65. The molecule has 0 spiro atoms. The number of methoxy groups -OCH3 is 1. The van der Waals surface area contributed by atoms with Gasteiger partial charge in [-0.3, -0.25) is 14.6 Å². The van der Waals surface area contributed by atoms with Gasteiger partial charge < -0.3 is 14.5 Å². The average Bonchev–Trinajstić information content (AvgIpc) is 3.15. The number of benzene rings is 1. The number of aromatic nitrogens is 1. The van der Waals surface area contributed by atoms with Gasteiger partial charge in [-0.1, -0.05) is 12.1 Å². The van der Waals surface area contributed by atoms with Crippen molar-refractivity contribution in [1.82, 2.24) is 14.8 Å². The van der Waals surface area contributed by atoms with E-state index in [2.05, 4.69) is 4.98 Å². The molecule has 0 aliphatic carbocycles. The third-order valence-electron chi connectivity index (χ3n) is 4.22. The minimum absolute atomic E-state index is 0.0145. The molecule has 1 atom stereocenters. The molecule has 0 N–H and O–H groups in total. The van der Waals surface area contributed by atoms with E-state index in [1.165, 1.54) is 11.3 Å². The fraction of sp³-hybridized carbons (Fsp3) is 0.353. The maximum Gasteiger partial charge on any atom is 0.265 e. The van der Waals surface area contributed by atoms with Crippen LogP contribution in [0, 0.1) is 0 Å². The molecule has 1 unspecified atom stereocenters. The van der Waals surface area contributed by atoms with Gasteiger partial charge in [0.15, 0.2) is 0 Å². The lowest BCUT2D eigenvalue weighted by Crippen LogP contribution is -2.51. The fourth-order valence-corrected chi connectivity index (χ4v) is 3.52. The smallest absolute Gasteiger partial charge is 0.265 e. The van der Waals surface area contributed by atoms with Gasteiger partial charge >= 0.3 is 0 Å². The third kappa shape index (κ3) is 3.26. The van der Waals surface area contributed by atoms with Crippen LogP contribution in [-0.4, -0.2) is 53.3 Å². The predicted octanol–water partition coefficient (Wildman–Crippen LogP) is 2.20. The van der Waals surface area contributed by atoms with Crippen LogP contribution in [-0.2, 0) is 4.79 Å². The zero-order valence-electron chi connectivity index (χ0n) is 13.6. The number of piperazine rings is 1. The lowest BCUT2D eigenvalue weighted by Gasteiger charge is -2.41. The second kappa shape index (κ2) is 7.00. The molecule has 2 amide bonds. The standard InChI is InChI=1S/C17H19N3O3S/c1-12(21)20-8-7-19(17(22)16-9-18-11-24-16)10-15(20)13-3-5-14(23-2)6-4-13/h3-6,9,11,15H,7-8,10H2,1-2H3. The average molecular weight is 345 g/mol. The van der Waals surface area contributed by atoms with Crippen LogP contribution < -0.4 is 4.74 Å². The van der Waals surface area contributed by atoms with Gasteiger partial charge in [0.2, 0.25) is 5.91 Å². The Kier molecular flexibility index (Phi) is 4.80. The van der Waals surface area contributed by atoms with Gasteiger partial charge in [0.05, 0.1) is 24.9 Å². The van der Waals surface area contributed by atoms with E-state index in [0.717, 1.165) is 11.3 Å². The molecular formula is C17H19N3O3S. The molecule has 126 valence electrons. The van der Waals surface area contributed by atoms with Crippen molar-refractivity contribution in [1.29, 1.82) is 0 Å². The van der Waals surface area contributed by atoms with Crippen molar-refractivity contribution >= 4 is 23.2 Å². The Morgan fingerprint density at radius 3 is 2.58 bits per heavy atom. The zero-order valence-corrected chi connectivity index (χ0v) is 14.5. The second-order valence-corrected chi connectivity index (χ2v) is 6.50. The topological polar surface area (TPSA) is 62.7 Å². The normalized spacial score (nSPS) is 17.7. The highest BCUT2D eigenvalue weighted by Gasteiger charge is 2.32. The number of nitrogens with zero attached hydrogens (tertiary/aromatic N) is 3. The van der Waals surface area contributed by atoms with Gasteiger partial charge in [0.1, 0.15) is 10.6 Å². The van der Waals surface area contributed by atoms with Crippen LogP contribution in [0.2, 0.25) is 0 Å². The Morgan fingerprint density at radius 2 is 2.00 bits per heavy atom. The van der Waals surface area contributed by atoms with E-state index in [-0.39, 0.29) is 17.9 Å². The summed E-state index contributed by atoms with van der Waals surface area (Å²) < 4.78 is 5.19. The highest BCUT2D eigenvalue weighted by molar-refractivity contribution is 7.11. The van der Waals surface area contributed by atoms with E-state index >= 15 is 0 Å². The number of hydrogen-bond acceptors (Lipinski definition) is 5. The summed E-state index contributed by atoms with van der Waals surface area (Å²) >= 11 is 1.33. The first-order valence-corrected chi connectivity index (χ1v) is 8.57. The number of hydrogen-bond donors (Lipinski definition) is 0. The first-order valence-electron chi connectivity index (χ1n) is 7.69. The monoisotopic (exact) mass is 345 g/mol. The van der Waals surface area contributed by atoms with Crippen LogP contribution in [0.4, 0.5) is 0 Å². The van der Waals surface area contributed by atoms with Gasteiger partial charge in [-0.2, -0.15) is 0 Å². The van der Waals surface area contributed by atoms with Crippen LogP contribution in [0.25, 0.3) is 0 Å². The van der Waals surface area contributed by atoms with Crippen molar-refractivity contribution < 1.29 is 14.3 Å². The lowest BCUT2D eigenvalue weighted by molar-refractivity contribution is -0.133. The molecule has 0 radical (unpaired) electrons. The van der Waals surface area contributed by atoms with E-state index in [1.54, 1.807) is 30.6 Å². The highest BCUT2D eigenvalue weighted by atomic mass is 32.1. The van der Waals surface area contributed by atoms with Crippen molar-refractivity contribution in [3.63, 3.8) is 0 Å². The van der Waals surface area contributed by atoms with E-state index in [4.69, 9.17) is 4.74 Å². The minimum atomic E-state index is -0.154. The first kappa shape index (κ1) is 16.4. The van der Waals surface area contributed by atoms with Gasteiger partial charge in [-0.15, -0.1) is 11.3 Å². The third-order valence-corrected chi connectivity index (χ3v) is 4.98. The molecule has 0 saturated carbocycles. The largest absolute Gasteiger partial charge is 0.497 e. The zero-order chi connectivity index (χ0) is 17.1. The van der Waals surface area contributed by atoms with Gasteiger partial charge in [0.25, 0.3) is 5.91 Å². The fourth-order valence-electron chi connectivity index (χ4n) is 2.93. The van der Waals surface area contributed by atoms with Crippen LogP contribution in [0.1, 0.15) is 28.2 Å². The summed E-state index contributed by atoms with van der Waals surface area (Å²) in [5, 5.41) is 0. The molecule has 1 aliphatic heterocycles. The Labute approximate surface area is 144 Å². The summed E-state index contributed by atoms with van der Waals surface area (Å²) in [6.45, 7) is 3.10. The number of carbonyl (C=O) groups excluding carboxylic acids is 2. The molecule has 7 heteroatoms. The summed E-state index contributed by atoms with van der Waals surface area (Å²) in [5.74, 6) is 0.751. The Hall–Kier alpha value is -2.41. The van der Waals surface area contributed by atoms with Gasteiger partial charge in [0, 0.05) is 26.6 Å². The summed E-state index contributed by atoms with van der Waals surface area (Å²) in [7, 11) is 1.62. The van der Waals surface area contributed by atoms with E-state index < -0.39 is 0 Å². The number of ether oxygens (including phenoxy) is 1. The van der Waals surface area contributed by atoms with Crippen molar-refractivity contribution in [3.8, 4) is 5.75 Å². The number of thiazole rings is 1. The molecule has 2 heterocycles. The van der Waals surface area contributed by atoms with Gasteiger partial charge in [-0.05, 0) is 17.7 Å². The molecule has 3 rings (SSSR count). The Bertz CT molecular complexity index is 715. The maximum absolute atomic E-state index is 12.6. The molecule has 0 bridgehead atoms. The molecule has 1 saturated heterocycles. The molecule has 1 aliphatic rings. The molecule has 1 aromatic carbocycles. The predicted molar refractivity (Wildman–Crippen MR) is 91.1 cm³/mol. The van der Waals surface area contributed by atoms with Crippen molar-refractivity contribution in [2.45, 2.75) is 13.0 Å². The maximum atomic E-state index is 12.6. The molecule has 6 nitrogen and oxygen atoms in total. The molecule has 1 aromatic heterocycles. The van der Waals surface area contributed by atoms with Crippen LogP contribution >= 0.6 is 11.3 Å². The van der Waals surface area contributed by atoms with E-state index in [0.29, 0.717) is 24.5 Å². The van der Waals surface area contributed by atoms with E-state index in [9.17, 15) is 9.59 Å². The minimum Gasteiger partial charge on any atom is -0.497 e. The first-order chi connectivity index (χ1) is 11.6. The summed E-state index contributed by atoms with van der Waals surface area (Å²) in [4.78, 5) is 32.8. The van der Waals surface area contributed by atoms with Gasteiger partial charge in [-0.25, -0.2) is 0 Å². The Balaban J connectivity index is 1.84. The second-order valence-electron chi connectivity index (χ2n) is 5.62. The number of carbonyl (C=O) groups is 2. The lowest BCUT2D eigenvalue weighted by atomic mass is 10.0. The van der Waals surface area contributed by atoms with E-state index in [1.807, 2.05) is 29.2 Å². The van der Waals surface area contributed by atoms with Crippen LogP contribution in [0.3, 0.4) is 0 Å². The quantitative estimate of drug-likeness (QED) is 0.855. The van der Waals surface area contributed by atoms with Crippen molar-refractivity contribution in [2.75, 3.05) is 26.7 Å². The van der Waals surface area contributed by atoms with Crippen molar-refractivity contribution in [2.24, 2.45) is 0 Å². The molecule has 2 aromatic rings. The SMILES string of the molecule is COc1ccc(C2CN(C(=O)c3cncs3)CCN2C(C)=O)cc1. The Morgan fingerprint density at radius 1 is 1.25 bits per heavy atom. The molecule has 1 fully saturated rings. The summed E-state index contributed by atoms with van der Waals surface area (Å²) in [6.07, 6.45) is 1.59. The number of rotatable bonds is 3.